The monoisotopic (exact) mass is 216 g/mol. The van der Waals surface area contributed by atoms with Crippen LogP contribution < -0.4 is 0 Å². The minimum absolute atomic E-state index is 0.145. The molecule has 0 aromatic heterocycles. The van der Waals surface area contributed by atoms with Gasteiger partial charge in [-0.1, -0.05) is 43.3 Å². The van der Waals surface area contributed by atoms with Crippen molar-refractivity contribution >= 4 is 10.8 Å². The summed E-state index contributed by atoms with van der Waals surface area (Å²) in [6.07, 6.45) is 0.702. The van der Waals surface area contributed by atoms with E-state index in [1.165, 1.54) is 0 Å². The first-order chi connectivity index (χ1) is 7.72. The van der Waals surface area contributed by atoms with E-state index in [-0.39, 0.29) is 12.5 Å². The van der Waals surface area contributed by atoms with Crippen LogP contribution in [0.2, 0.25) is 0 Å². The smallest absolute Gasteiger partial charge is 0.126 e. The highest BCUT2D eigenvalue weighted by Gasteiger charge is 2.09. The number of hydrogen-bond acceptors (Lipinski definition) is 2. The van der Waals surface area contributed by atoms with Crippen LogP contribution in [0.25, 0.3) is 10.8 Å². The summed E-state index contributed by atoms with van der Waals surface area (Å²) in [6.45, 7) is 2.11. The molecule has 16 heavy (non-hydrogen) atoms. The Hall–Kier alpha value is -1.54. The van der Waals surface area contributed by atoms with Gasteiger partial charge in [-0.2, -0.15) is 0 Å². The van der Waals surface area contributed by atoms with Crippen LogP contribution in [0.1, 0.15) is 12.5 Å². The number of aromatic hydroxyl groups is 1. The lowest BCUT2D eigenvalue weighted by Gasteiger charge is -2.11. The van der Waals surface area contributed by atoms with Crippen LogP contribution in [0.15, 0.2) is 36.4 Å². The SMILES string of the molecule is C[C@@H](CO)Cc1ccc2ccccc2c1O. The van der Waals surface area contributed by atoms with Gasteiger partial charge in [0.25, 0.3) is 0 Å². The molecule has 0 saturated carbocycles. The average molecular weight is 216 g/mol. The Balaban J connectivity index is 2.44. The summed E-state index contributed by atoms with van der Waals surface area (Å²) in [7, 11) is 0. The van der Waals surface area contributed by atoms with Gasteiger partial charge in [-0.3, -0.25) is 0 Å². The molecule has 0 saturated heterocycles. The number of hydrogen-bond donors (Lipinski definition) is 2. The van der Waals surface area contributed by atoms with Crippen molar-refractivity contribution in [1.29, 1.82) is 0 Å². The molecule has 0 aliphatic heterocycles. The van der Waals surface area contributed by atoms with Crippen LogP contribution in [0.5, 0.6) is 5.75 Å². The zero-order valence-electron chi connectivity index (χ0n) is 9.35. The highest BCUT2D eigenvalue weighted by Crippen LogP contribution is 2.29. The second kappa shape index (κ2) is 4.54. The number of phenols is 1. The van der Waals surface area contributed by atoms with Crippen molar-refractivity contribution < 1.29 is 10.2 Å². The van der Waals surface area contributed by atoms with Crippen LogP contribution >= 0.6 is 0 Å². The first kappa shape index (κ1) is 11.0. The van der Waals surface area contributed by atoms with E-state index in [0.29, 0.717) is 12.2 Å². The minimum Gasteiger partial charge on any atom is -0.507 e. The Bertz CT molecular complexity index is 491. The molecule has 0 radical (unpaired) electrons. The Morgan fingerprint density at radius 3 is 2.62 bits per heavy atom. The summed E-state index contributed by atoms with van der Waals surface area (Å²) < 4.78 is 0. The van der Waals surface area contributed by atoms with E-state index in [2.05, 4.69) is 0 Å². The normalized spacial score (nSPS) is 12.9. The Kier molecular flexibility index (Phi) is 3.11. The summed E-state index contributed by atoms with van der Waals surface area (Å²) in [6, 6.07) is 11.7. The third-order valence-corrected chi connectivity index (χ3v) is 2.86. The van der Waals surface area contributed by atoms with Gasteiger partial charge in [-0.25, -0.2) is 0 Å². The van der Waals surface area contributed by atoms with Gasteiger partial charge in [0.05, 0.1) is 0 Å². The molecule has 0 fully saturated rings. The Morgan fingerprint density at radius 2 is 1.88 bits per heavy atom. The maximum absolute atomic E-state index is 10.1. The van der Waals surface area contributed by atoms with E-state index < -0.39 is 0 Å². The minimum atomic E-state index is 0.145. The van der Waals surface area contributed by atoms with E-state index in [0.717, 1.165) is 16.3 Å². The van der Waals surface area contributed by atoms with Crippen LogP contribution in [0.3, 0.4) is 0 Å². The van der Waals surface area contributed by atoms with Gasteiger partial charge in [0.15, 0.2) is 0 Å². The Morgan fingerprint density at radius 1 is 1.12 bits per heavy atom. The fraction of sp³-hybridized carbons (Fsp3) is 0.286. The van der Waals surface area contributed by atoms with Crippen molar-refractivity contribution in [2.75, 3.05) is 6.61 Å². The van der Waals surface area contributed by atoms with Gasteiger partial charge >= 0.3 is 0 Å². The van der Waals surface area contributed by atoms with Gasteiger partial charge in [0.1, 0.15) is 5.75 Å². The maximum atomic E-state index is 10.1. The fourth-order valence-corrected chi connectivity index (χ4v) is 1.90. The van der Waals surface area contributed by atoms with Crippen LogP contribution in [-0.4, -0.2) is 16.8 Å². The predicted molar refractivity (Wildman–Crippen MR) is 65.6 cm³/mol. The molecule has 2 aromatic carbocycles. The second-order valence-corrected chi connectivity index (χ2v) is 4.29. The molecule has 0 heterocycles. The van der Waals surface area contributed by atoms with E-state index in [9.17, 15) is 5.11 Å². The molecule has 2 rings (SSSR count). The zero-order valence-corrected chi connectivity index (χ0v) is 9.35. The summed E-state index contributed by atoms with van der Waals surface area (Å²) in [5.74, 6) is 0.519. The number of phenolic OH excluding ortho intramolecular Hbond substituents is 1. The molecule has 84 valence electrons. The third-order valence-electron chi connectivity index (χ3n) is 2.86. The molecule has 2 aromatic rings. The predicted octanol–water partition coefficient (Wildman–Crippen LogP) is 2.72. The fourth-order valence-electron chi connectivity index (χ4n) is 1.90. The number of aliphatic hydroxyl groups excluding tert-OH is 1. The largest absolute Gasteiger partial charge is 0.507 e. The van der Waals surface area contributed by atoms with Gasteiger partial charge in [-0.05, 0) is 23.3 Å². The van der Waals surface area contributed by atoms with E-state index in [4.69, 9.17) is 5.11 Å². The molecule has 2 N–H and O–H groups in total. The topological polar surface area (TPSA) is 40.5 Å². The maximum Gasteiger partial charge on any atom is 0.126 e. The van der Waals surface area contributed by atoms with Crippen LogP contribution in [-0.2, 0) is 6.42 Å². The van der Waals surface area contributed by atoms with Gasteiger partial charge < -0.3 is 10.2 Å². The molecule has 0 amide bonds. The van der Waals surface area contributed by atoms with Gasteiger partial charge in [0, 0.05) is 12.0 Å². The van der Waals surface area contributed by atoms with Crippen molar-refractivity contribution in [1.82, 2.24) is 0 Å². The number of fused-ring (bicyclic) bond motifs is 1. The standard InChI is InChI=1S/C14H16O2/c1-10(9-15)8-12-7-6-11-4-2-3-5-13(11)14(12)16/h2-7,10,15-16H,8-9H2,1H3/t10-/m1/s1. The van der Waals surface area contributed by atoms with Crippen LogP contribution in [0, 0.1) is 5.92 Å². The molecule has 1 atom stereocenters. The number of rotatable bonds is 3. The van der Waals surface area contributed by atoms with E-state index in [1.54, 1.807) is 0 Å². The van der Waals surface area contributed by atoms with Crippen molar-refractivity contribution in [3.8, 4) is 5.75 Å². The average Bonchev–Trinajstić information content (AvgIpc) is 2.33. The van der Waals surface area contributed by atoms with Crippen molar-refractivity contribution in [2.45, 2.75) is 13.3 Å². The Labute approximate surface area is 95.2 Å². The quantitative estimate of drug-likeness (QED) is 0.828. The molecule has 0 unspecified atom stereocenters. The third kappa shape index (κ3) is 2.02. The molecular formula is C14H16O2. The summed E-state index contributed by atoms with van der Waals surface area (Å²) in [4.78, 5) is 0. The second-order valence-electron chi connectivity index (χ2n) is 4.29. The van der Waals surface area contributed by atoms with Crippen molar-refractivity contribution in [2.24, 2.45) is 5.92 Å². The number of benzene rings is 2. The first-order valence-electron chi connectivity index (χ1n) is 5.53. The lowest BCUT2D eigenvalue weighted by Crippen LogP contribution is -2.04. The molecule has 0 aliphatic rings. The zero-order chi connectivity index (χ0) is 11.5. The molecule has 0 aliphatic carbocycles. The van der Waals surface area contributed by atoms with Gasteiger partial charge in [-0.15, -0.1) is 0 Å². The highest BCUT2D eigenvalue weighted by atomic mass is 16.3. The lowest BCUT2D eigenvalue weighted by atomic mass is 9.98. The van der Waals surface area contributed by atoms with Crippen molar-refractivity contribution in [3.63, 3.8) is 0 Å². The van der Waals surface area contributed by atoms with Gasteiger partial charge in [0.2, 0.25) is 0 Å². The molecule has 0 spiro atoms. The van der Waals surface area contributed by atoms with E-state index in [1.807, 2.05) is 43.3 Å². The summed E-state index contributed by atoms with van der Waals surface area (Å²) >= 11 is 0. The number of aliphatic hydroxyl groups is 1. The van der Waals surface area contributed by atoms with Crippen molar-refractivity contribution in [3.05, 3.63) is 42.0 Å². The highest BCUT2D eigenvalue weighted by molar-refractivity contribution is 5.89. The molecule has 2 heteroatoms. The summed E-state index contributed by atoms with van der Waals surface area (Å²) in [5, 5.41) is 21.1. The molecule has 0 bridgehead atoms. The molecule has 2 nitrogen and oxygen atoms in total. The van der Waals surface area contributed by atoms with Crippen LogP contribution in [0.4, 0.5) is 0 Å². The van der Waals surface area contributed by atoms with E-state index >= 15 is 0 Å². The molecular weight excluding hydrogens is 200 g/mol. The summed E-state index contributed by atoms with van der Waals surface area (Å²) in [5.41, 5.74) is 0.903. The lowest BCUT2D eigenvalue weighted by molar-refractivity contribution is 0.236. The first-order valence-corrected chi connectivity index (χ1v) is 5.53.